The van der Waals surface area contributed by atoms with Gasteiger partial charge in [0, 0.05) is 11.3 Å². The topological polar surface area (TPSA) is 29.5 Å². The van der Waals surface area contributed by atoms with Gasteiger partial charge < -0.3 is 9.64 Å². The summed E-state index contributed by atoms with van der Waals surface area (Å²) in [5.41, 5.74) is 1.57. The van der Waals surface area contributed by atoms with Crippen molar-refractivity contribution < 1.29 is 9.53 Å². The van der Waals surface area contributed by atoms with Gasteiger partial charge in [-0.3, -0.25) is 4.79 Å². The van der Waals surface area contributed by atoms with Gasteiger partial charge in [-0.1, -0.05) is 45.0 Å². The summed E-state index contributed by atoms with van der Waals surface area (Å²) in [6, 6.07) is 16.8. The lowest BCUT2D eigenvalue weighted by Crippen LogP contribution is -2.41. The molecule has 0 spiro atoms. The molecule has 0 N–H and O–H groups in total. The highest BCUT2D eigenvalue weighted by Crippen LogP contribution is 2.30. The van der Waals surface area contributed by atoms with Crippen molar-refractivity contribution in [3.8, 4) is 5.75 Å². The third kappa shape index (κ3) is 4.96. The van der Waals surface area contributed by atoms with Crippen molar-refractivity contribution >= 4 is 11.6 Å². The zero-order chi connectivity index (χ0) is 18.4. The van der Waals surface area contributed by atoms with Crippen LogP contribution in [0.3, 0.4) is 0 Å². The Balaban J connectivity index is 2.45. The van der Waals surface area contributed by atoms with E-state index in [1.165, 1.54) is 0 Å². The van der Waals surface area contributed by atoms with Crippen molar-refractivity contribution in [2.45, 2.75) is 33.2 Å². The first-order chi connectivity index (χ1) is 11.9. The Morgan fingerprint density at radius 1 is 1.12 bits per heavy atom. The Labute approximate surface area is 150 Å². The molecule has 0 aliphatic heterocycles. The lowest BCUT2D eigenvalue weighted by molar-refractivity contribution is 0.0976. The van der Waals surface area contributed by atoms with E-state index in [1.54, 1.807) is 7.11 Å². The highest BCUT2D eigenvalue weighted by atomic mass is 16.5. The maximum atomic E-state index is 13.2. The van der Waals surface area contributed by atoms with Gasteiger partial charge in [-0.15, -0.1) is 6.58 Å². The molecule has 1 amide bonds. The average molecular weight is 337 g/mol. The number of hydrogen-bond donors (Lipinski definition) is 0. The Hall–Kier alpha value is -2.55. The molecular weight excluding hydrogens is 310 g/mol. The minimum Gasteiger partial charge on any atom is -0.497 e. The first-order valence-electron chi connectivity index (χ1n) is 8.51. The molecule has 0 saturated carbocycles. The standard InChI is InChI=1S/C22H27NO2/c1-6-18(16-22(2,3)4)23(19-12-14-20(25-5)15-13-19)21(24)17-10-8-7-9-11-17/h6-15,18H,1,16H2,2-5H3/t18-/m0/s1. The summed E-state index contributed by atoms with van der Waals surface area (Å²) in [6.07, 6.45) is 2.68. The number of methoxy groups -OCH3 is 1. The number of anilines is 1. The summed E-state index contributed by atoms with van der Waals surface area (Å²) in [5.74, 6) is 0.738. The second-order valence-corrected chi connectivity index (χ2v) is 7.31. The zero-order valence-corrected chi connectivity index (χ0v) is 15.5. The molecular formula is C22H27NO2. The zero-order valence-electron chi connectivity index (χ0n) is 15.5. The fourth-order valence-electron chi connectivity index (χ4n) is 2.83. The lowest BCUT2D eigenvalue weighted by Gasteiger charge is -2.34. The molecule has 0 aliphatic carbocycles. The second-order valence-electron chi connectivity index (χ2n) is 7.31. The molecule has 0 saturated heterocycles. The predicted octanol–water partition coefficient (Wildman–Crippen LogP) is 5.33. The molecule has 2 rings (SSSR count). The third-order valence-electron chi connectivity index (χ3n) is 4.02. The summed E-state index contributed by atoms with van der Waals surface area (Å²) < 4.78 is 5.24. The minimum atomic E-state index is -0.0962. The summed E-state index contributed by atoms with van der Waals surface area (Å²) >= 11 is 0. The van der Waals surface area contributed by atoms with Crippen LogP contribution in [0.2, 0.25) is 0 Å². The normalized spacial score (nSPS) is 12.3. The molecule has 0 aliphatic rings. The molecule has 3 heteroatoms. The monoisotopic (exact) mass is 337 g/mol. The molecule has 1 atom stereocenters. The number of ether oxygens (including phenoxy) is 1. The maximum absolute atomic E-state index is 13.2. The van der Waals surface area contributed by atoms with Crippen LogP contribution in [-0.4, -0.2) is 19.1 Å². The smallest absolute Gasteiger partial charge is 0.258 e. The van der Waals surface area contributed by atoms with Gasteiger partial charge in [0.2, 0.25) is 0 Å². The quantitative estimate of drug-likeness (QED) is 0.667. The molecule has 0 fully saturated rings. The van der Waals surface area contributed by atoms with Crippen molar-refractivity contribution in [2.24, 2.45) is 5.41 Å². The first kappa shape index (κ1) is 18.8. The van der Waals surface area contributed by atoms with Gasteiger partial charge in [0.1, 0.15) is 5.75 Å². The molecule has 0 aromatic heterocycles. The number of rotatable bonds is 6. The highest BCUT2D eigenvalue weighted by molar-refractivity contribution is 6.06. The molecule has 0 heterocycles. The van der Waals surface area contributed by atoms with E-state index >= 15 is 0 Å². The SMILES string of the molecule is C=C[C@@H](CC(C)(C)C)N(C(=O)c1ccccc1)c1ccc(OC)cc1. The van der Waals surface area contributed by atoms with E-state index in [-0.39, 0.29) is 17.4 Å². The average Bonchev–Trinajstić information content (AvgIpc) is 2.61. The number of carbonyl (C=O) groups excluding carboxylic acids is 1. The van der Waals surface area contributed by atoms with Gasteiger partial charge in [0.05, 0.1) is 13.2 Å². The van der Waals surface area contributed by atoms with E-state index in [2.05, 4.69) is 27.4 Å². The van der Waals surface area contributed by atoms with Crippen molar-refractivity contribution in [3.05, 3.63) is 72.8 Å². The molecule has 3 nitrogen and oxygen atoms in total. The van der Waals surface area contributed by atoms with E-state index in [0.29, 0.717) is 5.56 Å². The lowest BCUT2D eigenvalue weighted by atomic mass is 9.87. The van der Waals surface area contributed by atoms with E-state index in [0.717, 1.165) is 17.9 Å². The van der Waals surface area contributed by atoms with Gasteiger partial charge in [0.15, 0.2) is 0 Å². The predicted molar refractivity (Wildman–Crippen MR) is 104 cm³/mol. The summed E-state index contributed by atoms with van der Waals surface area (Å²) in [4.78, 5) is 15.1. The third-order valence-corrected chi connectivity index (χ3v) is 4.02. The van der Waals surface area contributed by atoms with E-state index < -0.39 is 0 Å². The first-order valence-corrected chi connectivity index (χ1v) is 8.51. The molecule has 0 bridgehead atoms. The van der Waals surface area contributed by atoms with Crippen molar-refractivity contribution in [1.29, 1.82) is 0 Å². The van der Waals surface area contributed by atoms with E-state index in [1.807, 2.05) is 65.6 Å². The second kappa shape index (κ2) is 8.02. The Morgan fingerprint density at radius 3 is 2.20 bits per heavy atom. The summed E-state index contributed by atoms with van der Waals surface area (Å²) in [5, 5.41) is 0. The van der Waals surface area contributed by atoms with Crippen LogP contribution in [0.4, 0.5) is 5.69 Å². The van der Waals surface area contributed by atoms with Gasteiger partial charge in [-0.2, -0.15) is 0 Å². The molecule has 25 heavy (non-hydrogen) atoms. The number of hydrogen-bond acceptors (Lipinski definition) is 2. The van der Waals surface area contributed by atoms with Crippen LogP contribution in [0.1, 0.15) is 37.6 Å². The van der Waals surface area contributed by atoms with Gasteiger partial charge in [0.25, 0.3) is 5.91 Å². The minimum absolute atomic E-state index is 0.0279. The van der Waals surface area contributed by atoms with Crippen LogP contribution in [0.5, 0.6) is 5.75 Å². The largest absolute Gasteiger partial charge is 0.497 e. The molecule has 2 aromatic rings. The molecule has 2 aromatic carbocycles. The summed E-state index contributed by atoms with van der Waals surface area (Å²) in [7, 11) is 1.63. The van der Waals surface area contributed by atoms with Crippen LogP contribution < -0.4 is 9.64 Å². The molecule has 0 unspecified atom stereocenters. The van der Waals surface area contributed by atoms with Crippen molar-refractivity contribution in [3.63, 3.8) is 0 Å². The number of amides is 1. The van der Waals surface area contributed by atoms with Gasteiger partial charge >= 0.3 is 0 Å². The Kier molecular flexibility index (Phi) is 6.02. The van der Waals surface area contributed by atoms with Crippen LogP contribution in [0.25, 0.3) is 0 Å². The van der Waals surface area contributed by atoms with Crippen molar-refractivity contribution in [1.82, 2.24) is 0 Å². The molecule has 132 valence electrons. The van der Waals surface area contributed by atoms with Crippen LogP contribution in [-0.2, 0) is 0 Å². The van der Waals surface area contributed by atoms with Crippen molar-refractivity contribution in [2.75, 3.05) is 12.0 Å². The maximum Gasteiger partial charge on any atom is 0.258 e. The number of carbonyl (C=O) groups is 1. The highest BCUT2D eigenvalue weighted by Gasteiger charge is 2.28. The van der Waals surface area contributed by atoms with Gasteiger partial charge in [-0.05, 0) is 48.2 Å². The fourth-order valence-corrected chi connectivity index (χ4v) is 2.83. The summed E-state index contributed by atoms with van der Waals surface area (Å²) in [6.45, 7) is 10.5. The molecule has 0 radical (unpaired) electrons. The van der Waals surface area contributed by atoms with Crippen LogP contribution >= 0.6 is 0 Å². The number of nitrogens with zero attached hydrogens (tertiary/aromatic N) is 1. The Bertz CT molecular complexity index is 699. The van der Waals surface area contributed by atoms with Crippen LogP contribution in [0, 0.1) is 5.41 Å². The van der Waals surface area contributed by atoms with E-state index in [4.69, 9.17) is 4.74 Å². The Morgan fingerprint density at radius 2 is 1.72 bits per heavy atom. The van der Waals surface area contributed by atoms with E-state index in [9.17, 15) is 4.79 Å². The van der Waals surface area contributed by atoms with Crippen LogP contribution in [0.15, 0.2) is 67.3 Å². The fraction of sp³-hybridized carbons (Fsp3) is 0.318. The number of benzene rings is 2. The van der Waals surface area contributed by atoms with Gasteiger partial charge in [-0.25, -0.2) is 0 Å².